The molecule has 0 aliphatic heterocycles. The van der Waals surface area contributed by atoms with Gasteiger partial charge in [-0.05, 0) is 30.7 Å². The standard InChI is InChI=1S/C10H14BrNO/c11-6-8-13-10-3-1-9(2-4-10)5-7-12/h1-4H,5-8,12H2. The van der Waals surface area contributed by atoms with E-state index in [2.05, 4.69) is 28.1 Å². The highest BCUT2D eigenvalue weighted by Crippen LogP contribution is 2.12. The van der Waals surface area contributed by atoms with Crippen molar-refractivity contribution in [3.8, 4) is 5.75 Å². The third kappa shape index (κ3) is 3.79. The van der Waals surface area contributed by atoms with E-state index in [0.717, 1.165) is 17.5 Å². The Balaban J connectivity index is 2.48. The Labute approximate surface area is 87.2 Å². The molecule has 0 unspecified atom stereocenters. The van der Waals surface area contributed by atoms with E-state index < -0.39 is 0 Å². The summed E-state index contributed by atoms with van der Waals surface area (Å²) in [5.41, 5.74) is 6.70. The summed E-state index contributed by atoms with van der Waals surface area (Å²) in [4.78, 5) is 0. The highest BCUT2D eigenvalue weighted by atomic mass is 79.9. The topological polar surface area (TPSA) is 35.2 Å². The fourth-order valence-corrected chi connectivity index (χ4v) is 1.24. The van der Waals surface area contributed by atoms with E-state index in [1.807, 2.05) is 12.1 Å². The van der Waals surface area contributed by atoms with Crippen LogP contribution in [0.3, 0.4) is 0 Å². The molecule has 0 aliphatic carbocycles. The van der Waals surface area contributed by atoms with Crippen LogP contribution in [-0.4, -0.2) is 18.5 Å². The van der Waals surface area contributed by atoms with Crippen molar-refractivity contribution in [1.29, 1.82) is 0 Å². The number of rotatable bonds is 5. The van der Waals surface area contributed by atoms with E-state index in [1.165, 1.54) is 5.56 Å². The normalized spacial score (nSPS) is 10.0. The predicted molar refractivity (Wildman–Crippen MR) is 58.5 cm³/mol. The van der Waals surface area contributed by atoms with Crippen molar-refractivity contribution in [3.05, 3.63) is 29.8 Å². The van der Waals surface area contributed by atoms with E-state index in [1.54, 1.807) is 0 Å². The van der Waals surface area contributed by atoms with Crippen LogP contribution in [0.2, 0.25) is 0 Å². The molecule has 0 bridgehead atoms. The monoisotopic (exact) mass is 243 g/mol. The number of alkyl halides is 1. The summed E-state index contributed by atoms with van der Waals surface area (Å²) in [6, 6.07) is 8.06. The molecule has 1 aromatic rings. The molecule has 0 atom stereocenters. The summed E-state index contributed by atoms with van der Waals surface area (Å²) >= 11 is 3.30. The van der Waals surface area contributed by atoms with Crippen LogP contribution < -0.4 is 10.5 Å². The molecule has 2 N–H and O–H groups in total. The molecule has 13 heavy (non-hydrogen) atoms. The number of benzene rings is 1. The second-order valence-corrected chi connectivity index (χ2v) is 3.51. The number of hydrogen-bond donors (Lipinski definition) is 1. The van der Waals surface area contributed by atoms with Crippen LogP contribution >= 0.6 is 15.9 Å². The van der Waals surface area contributed by atoms with Gasteiger partial charge in [-0.25, -0.2) is 0 Å². The molecule has 1 rings (SSSR count). The summed E-state index contributed by atoms with van der Waals surface area (Å²) in [6.45, 7) is 1.40. The van der Waals surface area contributed by atoms with Crippen molar-refractivity contribution in [2.24, 2.45) is 5.73 Å². The van der Waals surface area contributed by atoms with E-state index in [9.17, 15) is 0 Å². The van der Waals surface area contributed by atoms with Gasteiger partial charge in [0.05, 0.1) is 6.61 Å². The summed E-state index contributed by atoms with van der Waals surface area (Å²) in [5.74, 6) is 0.917. The van der Waals surface area contributed by atoms with Gasteiger partial charge in [-0.15, -0.1) is 0 Å². The lowest BCUT2D eigenvalue weighted by Crippen LogP contribution is -2.02. The Morgan fingerprint density at radius 2 is 1.92 bits per heavy atom. The van der Waals surface area contributed by atoms with Crippen molar-refractivity contribution in [2.45, 2.75) is 6.42 Å². The van der Waals surface area contributed by atoms with Gasteiger partial charge in [0.25, 0.3) is 0 Å². The third-order valence-electron chi connectivity index (χ3n) is 1.70. The second-order valence-electron chi connectivity index (χ2n) is 2.72. The van der Waals surface area contributed by atoms with Crippen LogP contribution in [0, 0.1) is 0 Å². The molecule has 1 aromatic carbocycles. The van der Waals surface area contributed by atoms with Crippen LogP contribution in [0.1, 0.15) is 5.56 Å². The van der Waals surface area contributed by atoms with Crippen molar-refractivity contribution >= 4 is 15.9 Å². The summed E-state index contributed by atoms with van der Waals surface area (Å²) in [5, 5.41) is 0.859. The van der Waals surface area contributed by atoms with Gasteiger partial charge in [-0.3, -0.25) is 0 Å². The van der Waals surface area contributed by atoms with Gasteiger partial charge in [0.1, 0.15) is 5.75 Å². The van der Waals surface area contributed by atoms with Crippen LogP contribution in [0.5, 0.6) is 5.75 Å². The molecule has 0 amide bonds. The summed E-state index contributed by atoms with van der Waals surface area (Å²) < 4.78 is 5.41. The zero-order valence-electron chi connectivity index (χ0n) is 7.50. The van der Waals surface area contributed by atoms with E-state index in [-0.39, 0.29) is 0 Å². The Bertz CT molecular complexity index is 235. The zero-order valence-corrected chi connectivity index (χ0v) is 9.09. The van der Waals surface area contributed by atoms with Crippen molar-refractivity contribution in [2.75, 3.05) is 18.5 Å². The highest BCUT2D eigenvalue weighted by Gasteiger charge is 1.93. The first-order valence-electron chi connectivity index (χ1n) is 4.34. The fraction of sp³-hybridized carbons (Fsp3) is 0.400. The molecular weight excluding hydrogens is 230 g/mol. The molecule has 3 heteroatoms. The first kappa shape index (κ1) is 10.5. The van der Waals surface area contributed by atoms with Gasteiger partial charge < -0.3 is 10.5 Å². The predicted octanol–water partition coefficient (Wildman–Crippen LogP) is 1.96. The first-order valence-corrected chi connectivity index (χ1v) is 5.46. The summed E-state index contributed by atoms with van der Waals surface area (Å²) in [6.07, 6.45) is 0.929. The molecule has 0 heterocycles. The zero-order chi connectivity index (χ0) is 9.52. The Kier molecular flexibility index (Phi) is 4.86. The summed E-state index contributed by atoms with van der Waals surface area (Å²) in [7, 11) is 0. The molecule has 72 valence electrons. The third-order valence-corrected chi connectivity index (χ3v) is 2.03. The maximum atomic E-state index is 5.44. The van der Waals surface area contributed by atoms with Gasteiger partial charge in [0.15, 0.2) is 0 Å². The van der Waals surface area contributed by atoms with E-state index >= 15 is 0 Å². The minimum absolute atomic E-state index is 0.696. The van der Waals surface area contributed by atoms with Gasteiger partial charge in [-0.1, -0.05) is 28.1 Å². The first-order chi connectivity index (χ1) is 6.36. The largest absolute Gasteiger partial charge is 0.493 e. The average molecular weight is 244 g/mol. The van der Waals surface area contributed by atoms with E-state index in [0.29, 0.717) is 13.2 Å². The molecule has 0 aliphatic rings. The van der Waals surface area contributed by atoms with Crippen LogP contribution in [0.4, 0.5) is 0 Å². The van der Waals surface area contributed by atoms with Crippen LogP contribution in [0.15, 0.2) is 24.3 Å². The second kappa shape index (κ2) is 6.00. The van der Waals surface area contributed by atoms with Crippen LogP contribution in [-0.2, 0) is 6.42 Å². The van der Waals surface area contributed by atoms with Gasteiger partial charge >= 0.3 is 0 Å². The quantitative estimate of drug-likeness (QED) is 0.803. The molecule has 0 radical (unpaired) electrons. The highest BCUT2D eigenvalue weighted by molar-refractivity contribution is 9.09. The fourth-order valence-electron chi connectivity index (χ4n) is 1.08. The van der Waals surface area contributed by atoms with Crippen LogP contribution in [0.25, 0.3) is 0 Å². The molecule has 0 saturated carbocycles. The Morgan fingerprint density at radius 1 is 1.23 bits per heavy atom. The minimum Gasteiger partial charge on any atom is -0.493 e. The maximum Gasteiger partial charge on any atom is 0.119 e. The lowest BCUT2D eigenvalue weighted by Gasteiger charge is -2.04. The molecule has 0 saturated heterocycles. The number of nitrogens with two attached hydrogens (primary N) is 1. The smallest absolute Gasteiger partial charge is 0.119 e. The van der Waals surface area contributed by atoms with Gasteiger partial charge in [0.2, 0.25) is 0 Å². The van der Waals surface area contributed by atoms with Gasteiger partial charge in [0, 0.05) is 5.33 Å². The molecule has 0 spiro atoms. The maximum absolute atomic E-state index is 5.44. The Morgan fingerprint density at radius 3 is 2.46 bits per heavy atom. The van der Waals surface area contributed by atoms with Crippen molar-refractivity contribution in [3.63, 3.8) is 0 Å². The average Bonchev–Trinajstić information content (AvgIpc) is 2.17. The van der Waals surface area contributed by atoms with E-state index in [4.69, 9.17) is 10.5 Å². The number of hydrogen-bond acceptors (Lipinski definition) is 2. The van der Waals surface area contributed by atoms with Gasteiger partial charge in [-0.2, -0.15) is 0 Å². The van der Waals surface area contributed by atoms with Crippen molar-refractivity contribution in [1.82, 2.24) is 0 Å². The number of halogens is 1. The lowest BCUT2D eigenvalue weighted by molar-refractivity contribution is 0.345. The molecular formula is C10H14BrNO. The molecule has 0 fully saturated rings. The SMILES string of the molecule is NCCc1ccc(OCCBr)cc1. The minimum atomic E-state index is 0.696. The van der Waals surface area contributed by atoms with Crippen molar-refractivity contribution < 1.29 is 4.74 Å². The number of ether oxygens (including phenoxy) is 1. The lowest BCUT2D eigenvalue weighted by atomic mass is 10.1. The molecule has 0 aromatic heterocycles. The molecule has 2 nitrogen and oxygen atoms in total. The Hall–Kier alpha value is -0.540.